The van der Waals surface area contributed by atoms with Gasteiger partial charge in [0.15, 0.2) is 0 Å². The van der Waals surface area contributed by atoms with Crippen molar-refractivity contribution in [3.05, 3.63) is 12.4 Å². The van der Waals surface area contributed by atoms with Crippen LogP contribution < -0.4 is 0 Å². The zero-order chi connectivity index (χ0) is 9.97. The molecule has 0 bridgehead atoms. The van der Waals surface area contributed by atoms with Crippen molar-refractivity contribution < 1.29 is 9.90 Å². The maximum Gasteiger partial charge on any atom is 0.303 e. The Morgan fingerprint density at radius 2 is 2.43 bits per heavy atom. The van der Waals surface area contributed by atoms with E-state index in [-0.39, 0.29) is 18.4 Å². The van der Waals surface area contributed by atoms with Crippen molar-refractivity contribution in [3.63, 3.8) is 0 Å². The Morgan fingerprint density at radius 3 is 3.07 bits per heavy atom. The van der Waals surface area contributed by atoms with Crippen molar-refractivity contribution in [1.29, 1.82) is 0 Å². The van der Waals surface area contributed by atoms with Gasteiger partial charge in [0.1, 0.15) is 0 Å². The molecule has 0 radical (unpaired) electrons. The summed E-state index contributed by atoms with van der Waals surface area (Å²) in [5, 5.41) is 16.4. The molecular formula is C9H13N3O2. The number of nitrogens with zero attached hydrogens (tertiary/aromatic N) is 3. The molecule has 0 saturated heterocycles. The van der Waals surface area contributed by atoms with Crippen molar-refractivity contribution in [2.24, 2.45) is 5.92 Å². The minimum Gasteiger partial charge on any atom is -0.481 e. The molecule has 2 rings (SSSR count). The molecule has 1 aromatic heterocycles. The van der Waals surface area contributed by atoms with Gasteiger partial charge in [-0.1, -0.05) is 11.6 Å². The molecule has 1 saturated carbocycles. The number of carboxylic acids is 1. The van der Waals surface area contributed by atoms with Crippen LogP contribution in [0.15, 0.2) is 12.4 Å². The molecule has 2 unspecified atom stereocenters. The smallest absolute Gasteiger partial charge is 0.303 e. The molecule has 0 aromatic carbocycles. The van der Waals surface area contributed by atoms with Crippen LogP contribution in [0.1, 0.15) is 31.7 Å². The van der Waals surface area contributed by atoms with Crippen LogP contribution in [-0.2, 0) is 4.79 Å². The average Bonchev–Trinajstić information content (AvgIpc) is 2.70. The number of hydrogen-bond donors (Lipinski definition) is 1. The van der Waals surface area contributed by atoms with Crippen molar-refractivity contribution in [3.8, 4) is 0 Å². The van der Waals surface area contributed by atoms with Gasteiger partial charge >= 0.3 is 5.97 Å². The van der Waals surface area contributed by atoms with Crippen LogP contribution in [0, 0.1) is 5.92 Å². The largest absolute Gasteiger partial charge is 0.481 e. The van der Waals surface area contributed by atoms with E-state index in [2.05, 4.69) is 10.3 Å². The molecule has 1 N–H and O–H groups in total. The summed E-state index contributed by atoms with van der Waals surface area (Å²) in [6, 6.07) is 0.230. The third-order valence-electron chi connectivity index (χ3n) is 2.84. The number of aliphatic carboxylic acids is 1. The Morgan fingerprint density at radius 1 is 1.57 bits per heavy atom. The average molecular weight is 195 g/mol. The fourth-order valence-electron chi connectivity index (χ4n) is 2.22. The highest BCUT2D eigenvalue weighted by Gasteiger charge is 2.30. The zero-order valence-corrected chi connectivity index (χ0v) is 7.83. The summed E-state index contributed by atoms with van der Waals surface area (Å²) in [5.74, 6) is -0.504. The number of carboxylic acid groups (broad SMARTS) is 1. The van der Waals surface area contributed by atoms with E-state index >= 15 is 0 Å². The maximum absolute atomic E-state index is 10.6. The quantitative estimate of drug-likeness (QED) is 0.784. The minimum atomic E-state index is -0.720. The lowest BCUT2D eigenvalue weighted by atomic mass is 10.00. The first kappa shape index (κ1) is 9.18. The summed E-state index contributed by atoms with van der Waals surface area (Å²) in [7, 11) is 0. The highest BCUT2D eigenvalue weighted by molar-refractivity contribution is 5.67. The fraction of sp³-hybridized carbons (Fsp3) is 0.667. The first-order valence-electron chi connectivity index (χ1n) is 4.85. The summed E-state index contributed by atoms with van der Waals surface area (Å²) >= 11 is 0. The highest BCUT2D eigenvalue weighted by Crippen LogP contribution is 2.37. The first-order valence-corrected chi connectivity index (χ1v) is 4.85. The van der Waals surface area contributed by atoms with E-state index in [1.165, 1.54) is 0 Å². The van der Waals surface area contributed by atoms with Crippen molar-refractivity contribution in [2.45, 2.75) is 31.7 Å². The molecule has 2 atom stereocenters. The second kappa shape index (κ2) is 3.77. The normalized spacial score (nSPS) is 26.6. The summed E-state index contributed by atoms with van der Waals surface area (Å²) < 4.78 is 1.79. The predicted molar refractivity (Wildman–Crippen MR) is 48.7 cm³/mol. The standard InChI is InChI=1S/C9H13N3O2/c13-9(14)6-7-2-1-3-8(7)12-5-4-10-11-12/h4-5,7-8H,1-3,6H2,(H,13,14). The van der Waals surface area contributed by atoms with Gasteiger partial charge in [-0.05, 0) is 18.8 Å². The lowest BCUT2D eigenvalue weighted by Gasteiger charge is -2.17. The van der Waals surface area contributed by atoms with E-state index in [1.54, 1.807) is 10.9 Å². The molecule has 5 heteroatoms. The number of carbonyl (C=O) groups is 1. The fourth-order valence-corrected chi connectivity index (χ4v) is 2.22. The van der Waals surface area contributed by atoms with Crippen LogP contribution in [0.2, 0.25) is 0 Å². The lowest BCUT2D eigenvalue weighted by Crippen LogP contribution is -2.17. The Hall–Kier alpha value is -1.39. The highest BCUT2D eigenvalue weighted by atomic mass is 16.4. The Balaban J connectivity index is 2.07. The van der Waals surface area contributed by atoms with Crippen molar-refractivity contribution in [2.75, 3.05) is 0 Å². The van der Waals surface area contributed by atoms with Crippen LogP contribution >= 0.6 is 0 Å². The maximum atomic E-state index is 10.6. The van der Waals surface area contributed by atoms with E-state index < -0.39 is 5.97 Å². The molecule has 1 aliphatic carbocycles. The van der Waals surface area contributed by atoms with E-state index in [0.717, 1.165) is 19.3 Å². The lowest BCUT2D eigenvalue weighted by molar-refractivity contribution is -0.138. The summed E-state index contributed by atoms with van der Waals surface area (Å²) in [5.41, 5.74) is 0. The minimum absolute atomic E-state index is 0.217. The molecular weight excluding hydrogens is 182 g/mol. The molecule has 0 spiro atoms. The van der Waals surface area contributed by atoms with E-state index in [0.29, 0.717) is 0 Å². The summed E-state index contributed by atoms with van der Waals surface area (Å²) in [4.78, 5) is 10.6. The molecule has 0 amide bonds. The molecule has 1 aromatic rings. The molecule has 5 nitrogen and oxygen atoms in total. The second-order valence-electron chi connectivity index (χ2n) is 3.74. The Bertz CT molecular complexity index is 310. The van der Waals surface area contributed by atoms with Gasteiger partial charge in [-0.15, -0.1) is 5.10 Å². The summed E-state index contributed by atoms with van der Waals surface area (Å²) in [6.07, 6.45) is 6.77. The van der Waals surface area contributed by atoms with E-state index in [9.17, 15) is 4.79 Å². The monoisotopic (exact) mass is 195 g/mol. The van der Waals surface area contributed by atoms with Crippen LogP contribution in [0.5, 0.6) is 0 Å². The van der Waals surface area contributed by atoms with Gasteiger partial charge in [0.05, 0.1) is 18.7 Å². The van der Waals surface area contributed by atoms with Crippen molar-refractivity contribution >= 4 is 5.97 Å². The van der Waals surface area contributed by atoms with Gasteiger partial charge in [0.2, 0.25) is 0 Å². The third-order valence-corrected chi connectivity index (χ3v) is 2.84. The van der Waals surface area contributed by atoms with Gasteiger partial charge in [-0.3, -0.25) is 4.79 Å². The van der Waals surface area contributed by atoms with Crippen LogP contribution in [0.3, 0.4) is 0 Å². The second-order valence-corrected chi connectivity index (χ2v) is 3.74. The van der Waals surface area contributed by atoms with Gasteiger partial charge in [-0.2, -0.15) is 0 Å². The van der Waals surface area contributed by atoms with E-state index in [4.69, 9.17) is 5.11 Å². The molecule has 1 fully saturated rings. The van der Waals surface area contributed by atoms with Gasteiger partial charge in [0.25, 0.3) is 0 Å². The van der Waals surface area contributed by atoms with Gasteiger partial charge in [0, 0.05) is 6.20 Å². The molecule has 0 aliphatic heterocycles. The third kappa shape index (κ3) is 1.76. The molecule has 14 heavy (non-hydrogen) atoms. The number of hydrogen-bond acceptors (Lipinski definition) is 3. The summed E-state index contributed by atoms with van der Waals surface area (Å²) in [6.45, 7) is 0. The first-order chi connectivity index (χ1) is 6.77. The SMILES string of the molecule is O=C(O)CC1CCCC1n1ccnn1. The zero-order valence-electron chi connectivity index (χ0n) is 7.83. The molecule has 76 valence electrons. The number of rotatable bonds is 3. The Labute approximate surface area is 81.7 Å². The van der Waals surface area contributed by atoms with Gasteiger partial charge in [-0.25, -0.2) is 4.68 Å². The van der Waals surface area contributed by atoms with Crippen molar-refractivity contribution in [1.82, 2.24) is 15.0 Å². The topological polar surface area (TPSA) is 68.0 Å². The molecule has 1 heterocycles. The predicted octanol–water partition coefficient (Wildman–Crippen LogP) is 1.09. The van der Waals surface area contributed by atoms with Crippen LogP contribution in [0.4, 0.5) is 0 Å². The van der Waals surface area contributed by atoms with E-state index in [1.807, 2.05) is 6.20 Å². The number of aromatic nitrogens is 3. The molecule has 1 aliphatic rings. The Kier molecular flexibility index (Phi) is 2.47. The van der Waals surface area contributed by atoms with Crippen LogP contribution in [0.25, 0.3) is 0 Å². The van der Waals surface area contributed by atoms with Crippen LogP contribution in [-0.4, -0.2) is 26.1 Å². The van der Waals surface area contributed by atoms with Gasteiger partial charge < -0.3 is 5.11 Å².